The number of hydrogen-bond donors (Lipinski definition) is 3. The molecule has 0 atom stereocenters. The molecule has 0 unspecified atom stereocenters. The van der Waals surface area contributed by atoms with E-state index in [9.17, 15) is 5.11 Å². The van der Waals surface area contributed by atoms with Gasteiger partial charge in [-0.05, 0) is 24.3 Å². The number of aromatic nitrogens is 2. The summed E-state index contributed by atoms with van der Waals surface area (Å²) in [5.41, 5.74) is -0.325. The molecule has 0 bridgehead atoms. The second-order valence-electron chi connectivity index (χ2n) is 4.56. The molecule has 0 amide bonds. The SMILES string of the molecule is CCC(CC)(CO)Nc1nc(NC)nc2sccc12. The average Bonchev–Trinajstić information content (AvgIpc) is 2.93. The fourth-order valence-electron chi connectivity index (χ4n) is 2.00. The molecule has 19 heavy (non-hydrogen) atoms. The first-order valence-corrected chi connectivity index (χ1v) is 7.38. The van der Waals surface area contributed by atoms with Crippen LogP contribution in [0.1, 0.15) is 26.7 Å². The monoisotopic (exact) mass is 280 g/mol. The molecular formula is C13H20N4OS. The molecule has 2 rings (SSSR count). The van der Waals surface area contributed by atoms with Gasteiger partial charge in [-0.1, -0.05) is 13.8 Å². The van der Waals surface area contributed by atoms with Crippen LogP contribution >= 0.6 is 11.3 Å². The summed E-state index contributed by atoms with van der Waals surface area (Å²) in [5, 5.41) is 19.1. The van der Waals surface area contributed by atoms with Crippen molar-refractivity contribution in [2.75, 3.05) is 24.3 Å². The zero-order valence-electron chi connectivity index (χ0n) is 11.5. The predicted molar refractivity (Wildman–Crippen MR) is 81.0 cm³/mol. The third kappa shape index (κ3) is 2.64. The van der Waals surface area contributed by atoms with Gasteiger partial charge in [0.2, 0.25) is 5.95 Å². The maximum atomic E-state index is 9.67. The number of nitrogens with zero attached hydrogens (tertiary/aromatic N) is 2. The summed E-state index contributed by atoms with van der Waals surface area (Å²) in [7, 11) is 1.80. The third-order valence-corrected chi connectivity index (χ3v) is 4.40. The van der Waals surface area contributed by atoms with E-state index in [4.69, 9.17) is 0 Å². The van der Waals surface area contributed by atoms with Crippen molar-refractivity contribution in [1.29, 1.82) is 0 Å². The number of hydrogen-bond acceptors (Lipinski definition) is 6. The van der Waals surface area contributed by atoms with E-state index in [0.29, 0.717) is 5.95 Å². The van der Waals surface area contributed by atoms with Crippen LogP contribution < -0.4 is 10.6 Å². The smallest absolute Gasteiger partial charge is 0.225 e. The van der Waals surface area contributed by atoms with Crippen LogP contribution in [-0.2, 0) is 0 Å². The Morgan fingerprint density at radius 1 is 1.32 bits per heavy atom. The van der Waals surface area contributed by atoms with E-state index in [1.54, 1.807) is 18.4 Å². The van der Waals surface area contributed by atoms with E-state index < -0.39 is 0 Å². The van der Waals surface area contributed by atoms with Gasteiger partial charge < -0.3 is 15.7 Å². The Morgan fingerprint density at radius 3 is 2.63 bits per heavy atom. The first kappa shape index (κ1) is 14.0. The molecule has 5 nitrogen and oxygen atoms in total. The van der Waals surface area contributed by atoms with Gasteiger partial charge in [0.25, 0.3) is 0 Å². The van der Waals surface area contributed by atoms with Crippen molar-refractivity contribution in [3.8, 4) is 0 Å². The number of thiophene rings is 1. The first-order chi connectivity index (χ1) is 9.18. The minimum absolute atomic E-state index is 0.0878. The van der Waals surface area contributed by atoms with Gasteiger partial charge in [0.15, 0.2) is 0 Å². The number of fused-ring (bicyclic) bond motifs is 1. The van der Waals surface area contributed by atoms with Crippen molar-refractivity contribution < 1.29 is 5.11 Å². The summed E-state index contributed by atoms with van der Waals surface area (Å²) in [6.07, 6.45) is 1.68. The molecule has 104 valence electrons. The molecule has 0 aliphatic carbocycles. The number of aliphatic hydroxyl groups excluding tert-OH is 1. The highest BCUT2D eigenvalue weighted by atomic mass is 32.1. The molecule has 2 heterocycles. The predicted octanol–water partition coefficient (Wildman–Crippen LogP) is 2.70. The van der Waals surface area contributed by atoms with E-state index in [1.165, 1.54) is 0 Å². The zero-order chi connectivity index (χ0) is 13.9. The zero-order valence-corrected chi connectivity index (χ0v) is 12.3. The molecule has 0 radical (unpaired) electrons. The van der Waals surface area contributed by atoms with Crippen LogP contribution in [0.15, 0.2) is 11.4 Å². The molecule has 3 N–H and O–H groups in total. The molecule has 6 heteroatoms. The molecular weight excluding hydrogens is 260 g/mol. The second kappa shape index (κ2) is 5.71. The van der Waals surface area contributed by atoms with Crippen LogP contribution in [0.3, 0.4) is 0 Å². The highest BCUT2D eigenvalue weighted by molar-refractivity contribution is 7.16. The molecule has 0 aliphatic rings. The van der Waals surface area contributed by atoms with Crippen LogP contribution in [0.25, 0.3) is 10.2 Å². The van der Waals surface area contributed by atoms with Crippen LogP contribution in [-0.4, -0.2) is 34.3 Å². The summed E-state index contributed by atoms with van der Waals surface area (Å²) in [4.78, 5) is 9.84. The summed E-state index contributed by atoms with van der Waals surface area (Å²) in [5.74, 6) is 1.38. The Bertz CT molecular complexity index is 542. The number of anilines is 2. The van der Waals surface area contributed by atoms with Gasteiger partial charge in [0.1, 0.15) is 10.6 Å². The van der Waals surface area contributed by atoms with Gasteiger partial charge in [0.05, 0.1) is 17.5 Å². The van der Waals surface area contributed by atoms with Crippen LogP contribution in [0.5, 0.6) is 0 Å². The van der Waals surface area contributed by atoms with Gasteiger partial charge in [0, 0.05) is 7.05 Å². The average molecular weight is 280 g/mol. The molecule has 0 saturated carbocycles. The topological polar surface area (TPSA) is 70.1 Å². The molecule has 0 aromatic carbocycles. The Labute approximate surface area is 117 Å². The lowest BCUT2D eigenvalue weighted by atomic mass is 9.94. The Morgan fingerprint density at radius 2 is 2.05 bits per heavy atom. The lowest BCUT2D eigenvalue weighted by Crippen LogP contribution is -2.41. The molecule has 0 aliphatic heterocycles. The number of rotatable bonds is 6. The van der Waals surface area contributed by atoms with Gasteiger partial charge >= 0.3 is 0 Å². The van der Waals surface area contributed by atoms with Gasteiger partial charge in [-0.3, -0.25) is 0 Å². The quantitative estimate of drug-likeness (QED) is 0.759. The molecule has 0 saturated heterocycles. The summed E-state index contributed by atoms with van der Waals surface area (Å²) < 4.78 is 0. The van der Waals surface area contributed by atoms with E-state index in [2.05, 4.69) is 34.4 Å². The Balaban J connectivity index is 2.46. The minimum Gasteiger partial charge on any atom is -0.394 e. The maximum Gasteiger partial charge on any atom is 0.225 e. The van der Waals surface area contributed by atoms with E-state index in [0.717, 1.165) is 28.9 Å². The van der Waals surface area contributed by atoms with Crippen LogP contribution in [0, 0.1) is 0 Å². The number of aliphatic hydroxyl groups is 1. The van der Waals surface area contributed by atoms with Crippen molar-refractivity contribution >= 4 is 33.3 Å². The van der Waals surface area contributed by atoms with Crippen molar-refractivity contribution in [3.05, 3.63) is 11.4 Å². The van der Waals surface area contributed by atoms with Crippen LogP contribution in [0.2, 0.25) is 0 Å². The first-order valence-electron chi connectivity index (χ1n) is 6.50. The summed E-state index contributed by atoms with van der Waals surface area (Å²) in [6.45, 7) is 4.22. The Hall–Kier alpha value is -1.40. The largest absolute Gasteiger partial charge is 0.394 e. The highest BCUT2D eigenvalue weighted by Crippen LogP contribution is 2.30. The second-order valence-corrected chi connectivity index (χ2v) is 5.45. The van der Waals surface area contributed by atoms with E-state index in [1.807, 2.05) is 11.4 Å². The van der Waals surface area contributed by atoms with Crippen molar-refractivity contribution in [2.45, 2.75) is 32.2 Å². The van der Waals surface area contributed by atoms with Crippen molar-refractivity contribution in [1.82, 2.24) is 9.97 Å². The van der Waals surface area contributed by atoms with Gasteiger partial charge in [-0.25, -0.2) is 4.98 Å². The minimum atomic E-state index is -0.325. The highest BCUT2D eigenvalue weighted by Gasteiger charge is 2.26. The molecule has 2 aromatic heterocycles. The van der Waals surface area contributed by atoms with Gasteiger partial charge in [-0.15, -0.1) is 11.3 Å². The summed E-state index contributed by atoms with van der Waals surface area (Å²) >= 11 is 1.59. The molecule has 2 aromatic rings. The van der Waals surface area contributed by atoms with Crippen molar-refractivity contribution in [2.24, 2.45) is 0 Å². The lowest BCUT2D eigenvalue weighted by Gasteiger charge is -2.31. The van der Waals surface area contributed by atoms with E-state index in [-0.39, 0.29) is 12.1 Å². The van der Waals surface area contributed by atoms with Crippen LogP contribution in [0.4, 0.5) is 11.8 Å². The maximum absolute atomic E-state index is 9.67. The Kier molecular flexibility index (Phi) is 4.21. The molecule has 0 spiro atoms. The lowest BCUT2D eigenvalue weighted by molar-refractivity contribution is 0.202. The van der Waals surface area contributed by atoms with Gasteiger partial charge in [-0.2, -0.15) is 4.98 Å². The fraction of sp³-hybridized carbons (Fsp3) is 0.538. The van der Waals surface area contributed by atoms with Crippen molar-refractivity contribution in [3.63, 3.8) is 0 Å². The number of nitrogens with one attached hydrogen (secondary N) is 2. The third-order valence-electron chi connectivity index (χ3n) is 3.59. The summed E-state index contributed by atoms with van der Waals surface area (Å²) in [6, 6.07) is 2.01. The standard InChI is InChI=1S/C13H20N4OS/c1-4-13(5-2,8-18)17-10-9-6-7-19-11(9)16-12(14-3)15-10/h6-7,18H,4-5,8H2,1-3H3,(H2,14,15,16,17). The fourth-order valence-corrected chi connectivity index (χ4v) is 2.77. The normalized spacial score (nSPS) is 11.8. The molecule has 0 fully saturated rings. The van der Waals surface area contributed by atoms with E-state index >= 15 is 0 Å².